The number of hydrogen-bond acceptors (Lipinski definition) is 3. The third-order valence-corrected chi connectivity index (χ3v) is 5.38. The molecule has 0 radical (unpaired) electrons. The van der Waals surface area contributed by atoms with Crippen LogP contribution >= 0.6 is 0 Å². The monoisotopic (exact) mass is 376 g/mol. The molecule has 0 aliphatic carbocycles. The summed E-state index contributed by atoms with van der Waals surface area (Å²) in [6, 6.07) is 14.8. The maximum Gasteiger partial charge on any atom is 0.291 e. The van der Waals surface area contributed by atoms with Gasteiger partial charge in [-0.05, 0) is 49.9 Å². The van der Waals surface area contributed by atoms with Gasteiger partial charge in [0, 0.05) is 24.0 Å². The molecule has 0 atom stereocenters. The first kappa shape index (κ1) is 18.3. The molecule has 0 spiro atoms. The number of anilines is 1. The molecule has 4 rings (SSSR count). The molecule has 1 aromatic heterocycles. The van der Waals surface area contributed by atoms with Crippen molar-refractivity contribution in [2.75, 3.05) is 18.4 Å². The summed E-state index contributed by atoms with van der Waals surface area (Å²) in [6.45, 7) is 5.57. The summed E-state index contributed by atoms with van der Waals surface area (Å²) in [7, 11) is 0. The fraction of sp³-hybridized carbons (Fsp3) is 0.304. The van der Waals surface area contributed by atoms with Crippen LogP contribution in [0.1, 0.15) is 46.2 Å². The molecule has 5 nitrogen and oxygen atoms in total. The Morgan fingerprint density at radius 2 is 1.82 bits per heavy atom. The second-order valence-electron chi connectivity index (χ2n) is 7.60. The number of rotatable bonds is 3. The number of piperidine rings is 1. The van der Waals surface area contributed by atoms with Gasteiger partial charge in [-0.3, -0.25) is 9.59 Å². The summed E-state index contributed by atoms with van der Waals surface area (Å²) in [6.07, 6.45) is 1.97. The first-order chi connectivity index (χ1) is 13.5. The summed E-state index contributed by atoms with van der Waals surface area (Å²) in [5.74, 6) is 0.413. The van der Waals surface area contributed by atoms with E-state index in [1.54, 1.807) is 6.07 Å². The number of benzene rings is 2. The molecule has 2 aromatic carbocycles. The third kappa shape index (κ3) is 3.52. The minimum absolute atomic E-state index is 0.164. The molecule has 5 heteroatoms. The highest BCUT2D eigenvalue weighted by atomic mass is 16.3. The molecule has 1 N–H and O–H groups in total. The Labute approximate surface area is 164 Å². The second-order valence-corrected chi connectivity index (χ2v) is 7.60. The lowest BCUT2D eigenvalue weighted by Gasteiger charge is -2.29. The van der Waals surface area contributed by atoms with Crippen LogP contribution in [0.3, 0.4) is 0 Å². The number of para-hydroxylation sites is 1. The van der Waals surface area contributed by atoms with E-state index < -0.39 is 0 Å². The molecule has 1 aliphatic rings. The molecule has 2 amide bonds. The average Bonchev–Trinajstić information content (AvgIpc) is 3.06. The van der Waals surface area contributed by atoms with E-state index in [0.29, 0.717) is 35.8 Å². The third-order valence-electron chi connectivity index (χ3n) is 5.38. The molecule has 1 fully saturated rings. The average molecular weight is 376 g/mol. The summed E-state index contributed by atoms with van der Waals surface area (Å²) in [5, 5.41) is 3.66. The van der Waals surface area contributed by atoms with Gasteiger partial charge < -0.3 is 14.6 Å². The number of hydrogen-bond donors (Lipinski definition) is 1. The zero-order valence-corrected chi connectivity index (χ0v) is 16.2. The summed E-state index contributed by atoms with van der Waals surface area (Å²) >= 11 is 0. The van der Waals surface area contributed by atoms with E-state index in [9.17, 15) is 9.59 Å². The molecular weight excluding hydrogens is 352 g/mol. The van der Waals surface area contributed by atoms with Crippen LogP contribution in [0.25, 0.3) is 11.0 Å². The van der Waals surface area contributed by atoms with Crippen LogP contribution in [0, 0.1) is 12.8 Å². The van der Waals surface area contributed by atoms with Crippen molar-refractivity contribution in [1.29, 1.82) is 0 Å². The van der Waals surface area contributed by atoms with E-state index in [1.165, 1.54) is 0 Å². The summed E-state index contributed by atoms with van der Waals surface area (Å²) < 4.78 is 5.90. The Morgan fingerprint density at radius 3 is 2.57 bits per heavy atom. The van der Waals surface area contributed by atoms with Gasteiger partial charge in [0.2, 0.25) is 5.76 Å². The molecular formula is C23H24N2O3. The lowest BCUT2D eigenvalue weighted by molar-refractivity contribution is 0.0669. The van der Waals surface area contributed by atoms with Gasteiger partial charge >= 0.3 is 0 Å². The fourth-order valence-electron chi connectivity index (χ4n) is 3.65. The number of likely N-dealkylation sites (tertiary alicyclic amines) is 1. The first-order valence-corrected chi connectivity index (χ1v) is 9.72. The van der Waals surface area contributed by atoms with E-state index in [1.807, 2.05) is 54.3 Å². The Bertz CT molecular complexity index is 1030. The van der Waals surface area contributed by atoms with Crippen molar-refractivity contribution in [2.24, 2.45) is 5.92 Å². The zero-order chi connectivity index (χ0) is 19.7. The number of nitrogens with zero attached hydrogens (tertiary/aromatic N) is 1. The van der Waals surface area contributed by atoms with Gasteiger partial charge in [-0.15, -0.1) is 0 Å². The maximum absolute atomic E-state index is 13.1. The molecule has 144 valence electrons. The SMILES string of the molecule is Cc1cccc(C(=O)Nc2c(C(=O)N3CCC(C)CC3)oc3ccccc23)c1. The molecule has 28 heavy (non-hydrogen) atoms. The van der Waals surface area contributed by atoms with E-state index >= 15 is 0 Å². The Kier molecular flexibility index (Phi) is 4.90. The van der Waals surface area contributed by atoms with Crippen LogP contribution in [0.5, 0.6) is 0 Å². The van der Waals surface area contributed by atoms with Crippen LogP contribution in [0.4, 0.5) is 5.69 Å². The van der Waals surface area contributed by atoms with Crippen LogP contribution in [0.2, 0.25) is 0 Å². The van der Waals surface area contributed by atoms with Gasteiger partial charge in [0.25, 0.3) is 11.8 Å². The minimum atomic E-state index is -0.253. The van der Waals surface area contributed by atoms with E-state index in [2.05, 4.69) is 12.2 Å². The van der Waals surface area contributed by atoms with Crippen molar-refractivity contribution in [1.82, 2.24) is 4.90 Å². The quantitative estimate of drug-likeness (QED) is 0.710. The highest BCUT2D eigenvalue weighted by Crippen LogP contribution is 2.33. The van der Waals surface area contributed by atoms with Crippen molar-refractivity contribution in [2.45, 2.75) is 26.7 Å². The molecule has 1 aliphatic heterocycles. The minimum Gasteiger partial charge on any atom is -0.449 e. The van der Waals surface area contributed by atoms with Crippen molar-refractivity contribution in [3.05, 3.63) is 65.4 Å². The van der Waals surface area contributed by atoms with Crippen molar-refractivity contribution in [3.8, 4) is 0 Å². The fourth-order valence-corrected chi connectivity index (χ4v) is 3.65. The van der Waals surface area contributed by atoms with Crippen LogP contribution in [-0.4, -0.2) is 29.8 Å². The largest absolute Gasteiger partial charge is 0.449 e. The Morgan fingerprint density at radius 1 is 1.07 bits per heavy atom. The van der Waals surface area contributed by atoms with E-state index in [-0.39, 0.29) is 17.6 Å². The lowest BCUT2D eigenvalue weighted by atomic mass is 9.99. The predicted molar refractivity (Wildman–Crippen MR) is 110 cm³/mol. The number of nitrogens with one attached hydrogen (secondary N) is 1. The lowest BCUT2D eigenvalue weighted by Crippen LogP contribution is -2.38. The Hall–Kier alpha value is -3.08. The highest BCUT2D eigenvalue weighted by Gasteiger charge is 2.28. The summed E-state index contributed by atoms with van der Waals surface area (Å²) in [5.41, 5.74) is 2.60. The van der Waals surface area contributed by atoms with Crippen molar-refractivity contribution >= 4 is 28.5 Å². The van der Waals surface area contributed by atoms with Crippen LogP contribution < -0.4 is 5.32 Å². The van der Waals surface area contributed by atoms with E-state index in [0.717, 1.165) is 23.8 Å². The number of carbonyl (C=O) groups excluding carboxylic acids is 2. The predicted octanol–water partition coefficient (Wildman–Crippen LogP) is 4.87. The van der Waals surface area contributed by atoms with Gasteiger partial charge in [-0.2, -0.15) is 0 Å². The molecule has 0 saturated carbocycles. The zero-order valence-electron chi connectivity index (χ0n) is 16.2. The normalized spacial score (nSPS) is 15.0. The molecule has 3 aromatic rings. The molecule has 0 unspecified atom stereocenters. The van der Waals surface area contributed by atoms with Crippen molar-refractivity contribution in [3.63, 3.8) is 0 Å². The second kappa shape index (κ2) is 7.50. The van der Waals surface area contributed by atoms with Gasteiger partial charge in [0.15, 0.2) is 0 Å². The standard InChI is InChI=1S/C23H24N2O3/c1-15-10-12-25(13-11-15)23(27)21-20(18-8-3-4-9-19(18)28-21)24-22(26)17-7-5-6-16(2)14-17/h3-9,14-15H,10-13H2,1-2H3,(H,24,26). The topological polar surface area (TPSA) is 62.6 Å². The number of fused-ring (bicyclic) bond motifs is 1. The Balaban J connectivity index is 1.69. The summed E-state index contributed by atoms with van der Waals surface area (Å²) in [4.78, 5) is 27.8. The number of carbonyl (C=O) groups is 2. The van der Waals surface area contributed by atoms with Gasteiger partial charge in [0.1, 0.15) is 11.3 Å². The molecule has 1 saturated heterocycles. The van der Waals surface area contributed by atoms with E-state index in [4.69, 9.17) is 4.42 Å². The van der Waals surface area contributed by atoms with Crippen LogP contribution in [0.15, 0.2) is 52.9 Å². The molecule has 0 bridgehead atoms. The van der Waals surface area contributed by atoms with Gasteiger partial charge in [0.05, 0.1) is 0 Å². The smallest absolute Gasteiger partial charge is 0.291 e. The molecule has 2 heterocycles. The maximum atomic E-state index is 13.1. The van der Waals surface area contributed by atoms with Gasteiger partial charge in [-0.25, -0.2) is 0 Å². The number of amides is 2. The van der Waals surface area contributed by atoms with Crippen molar-refractivity contribution < 1.29 is 14.0 Å². The number of furan rings is 1. The van der Waals surface area contributed by atoms with Crippen LogP contribution in [-0.2, 0) is 0 Å². The highest BCUT2D eigenvalue weighted by molar-refractivity contribution is 6.14. The first-order valence-electron chi connectivity index (χ1n) is 9.72. The van der Waals surface area contributed by atoms with Gasteiger partial charge in [-0.1, -0.05) is 36.8 Å². The number of aryl methyl sites for hydroxylation is 1.